The first-order valence-electron chi connectivity index (χ1n) is 7.19. The molecule has 19 heavy (non-hydrogen) atoms. The fourth-order valence-corrected chi connectivity index (χ4v) is 2.00. The SMILES string of the molecule is CCNc1nc(NC2CC2C)nc(N(CC)CC)n1. The van der Waals surface area contributed by atoms with Crippen molar-refractivity contribution in [2.75, 3.05) is 35.2 Å². The van der Waals surface area contributed by atoms with E-state index in [2.05, 4.69) is 51.3 Å². The summed E-state index contributed by atoms with van der Waals surface area (Å²) in [7, 11) is 0. The molecule has 0 bridgehead atoms. The Balaban J connectivity index is 2.20. The highest BCUT2D eigenvalue weighted by atomic mass is 15.3. The molecule has 1 heterocycles. The summed E-state index contributed by atoms with van der Waals surface area (Å²) in [5.41, 5.74) is 0. The molecule has 1 aromatic heterocycles. The molecule has 0 amide bonds. The van der Waals surface area contributed by atoms with Crippen LogP contribution in [0, 0.1) is 5.92 Å². The van der Waals surface area contributed by atoms with Crippen LogP contribution in [-0.4, -0.2) is 40.6 Å². The van der Waals surface area contributed by atoms with Gasteiger partial charge in [-0.2, -0.15) is 15.0 Å². The zero-order valence-electron chi connectivity index (χ0n) is 12.3. The van der Waals surface area contributed by atoms with E-state index in [1.807, 2.05) is 6.92 Å². The standard InChI is InChI=1S/C13H24N6/c1-5-14-11-16-12(15-10-8-9(10)4)18-13(17-11)19(6-2)7-3/h9-10H,5-8H2,1-4H3,(H2,14,15,16,17,18). The van der Waals surface area contributed by atoms with Gasteiger partial charge in [0.15, 0.2) is 0 Å². The van der Waals surface area contributed by atoms with Crippen LogP contribution in [0.5, 0.6) is 0 Å². The maximum Gasteiger partial charge on any atom is 0.231 e. The maximum absolute atomic E-state index is 4.52. The highest BCUT2D eigenvalue weighted by Gasteiger charge is 2.33. The molecule has 0 spiro atoms. The molecule has 2 unspecified atom stereocenters. The van der Waals surface area contributed by atoms with Gasteiger partial charge in [0.1, 0.15) is 0 Å². The minimum Gasteiger partial charge on any atom is -0.354 e. The van der Waals surface area contributed by atoms with Crippen molar-refractivity contribution in [2.24, 2.45) is 5.92 Å². The van der Waals surface area contributed by atoms with Gasteiger partial charge < -0.3 is 15.5 Å². The first-order chi connectivity index (χ1) is 9.17. The van der Waals surface area contributed by atoms with E-state index in [0.717, 1.165) is 31.5 Å². The van der Waals surface area contributed by atoms with Gasteiger partial charge in [-0.3, -0.25) is 0 Å². The van der Waals surface area contributed by atoms with E-state index in [4.69, 9.17) is 0 Å². The summed E-state index contributed by atoms with van der Waals surface area (Å²) in [6.45, 7) is 11.1. The molecule has 106 valence electrons. The lowest BCUT2D eigenvalue weighted by atomic mass is 10.5. The molecule has 0 radical (unpaired) electrons. The molecular formula is C13H24N6. The minimum atomic E-state index is 0.515. The fraction of sp³-hybridized carbons (Fsp3) is 0.769. The molecule has 2 rings (SSSR count). The Kier molecular flexibility index (Phi) is 4.39. The highest BCUT2D eigenvalue weighted by Crippen LogP contribution is 2.32. The second-order valence-electron chi connectivity index (χ2n) is 4.95. The van der Waals surface area contributed by atoms with Gasteiger partial charge in [0.05, 0.1) is 0 Å². The van der Waals surface area contributed by atoms with Gasteiger partial charge in [0, 0.05) is 25.7 Å². The van der Waals surface area contributed by atoms with E-state index in [0.29, 0.717) is 17.9 Å². The Hall–Kier alpha value is -1.59. The van der Waals surface area contributed by atoms with Crippen molar-refractivity contribution in [3.05, 3.63) is 0 Å². The Morgan fingerprint density at radius 1 is 1.11 bits per heavy atom. The average molecular weight is 264 g/mol. The van der Waals surface area contributed by atoms with Crippen molar-refractivity contribution in [3.63, 3.8) is 0 Å². The Labute approximate surface area is 115 Å². The third-order valence-corrected chi connectivity index (χ3v) is 3.43. The molecule has 6 heteroatoms. The number of aromatic nitrogens is 3. The summed E-state index contributed by atoms with van der Waals surface area (Å²) < 4.78 is 0. The van der Waals surface area contributed by atoms with E-state index in [-0.39, 0.29) is 0 Å². The smallest absolute Gasteiger partial charge is 0.231 e. The molecule has 1 aliphatic carbocycles. The number of nitrogens with zero attached hydrogens (tertiary/aromatic N) is 4. The van der Waals surface area contributed by atoms with E-state index < -0.39 is 0 Å². The van der Waals surface area contributed by atoms with E-state index >= 15 is 0 Å². The van der Waals surface area contributed by atoms with Gasteiger partial charge in [0.25, 0.3) is 0 Å². The molecule has 6 nitrogen and oxygen atoms in total. The number of rotatable bonds is 7. The molecule has 1 aromatic rings. The van der Waals surface area contributed by atoms with Gasteiger partial charge in [-0.25, -0.2) is 0 Å². The second kappa shape index (κ2) is 6.04. The largest absolute Gasteiger partial charge is 0.354 e. The molecule has 0 aliphatic heterocycles. The van der Waals surface area contributed by atoms with Crippen LogP contribution in [0.2, 0.25) is 0 Å². The van der Waals surface area contributed by atoms with Crippen LogP contribution in [0.15, 0.2) is 0 Å². The van der Waals surface area contributed by atoms with Crippen molar-refractivity contribution in [1.82, 2.24) is 15.0 Å². The summed E-state index contributed by atoms with van der Waals surface area (Å²) >= 11 is 0. The molecule has 2 N–H and O–H groups in total. The summed E-state index contributed by atoms with van der Waals surface area (Å²) in [4.78, 5) is 15.5. The Bertz CT molecular complexity index is 418. The fourth-order valence-electron chi connectivity index (χ4n) is 2.00. The van der Waals surface area contributed by atoms with Crippen LogP contribution in [0.25, 0.3) is 0 Å². The van der Waals surface area contributed by atoms with E-state index in [1.165, 1.54) is 6.42 Å². The van der Waals surface area contributed by atoms with Gasteiger partial charge in [-0.1, -0.05) is 6.92 Å². The summed E-state index contributed by atoms with van der Waals surface area (Å²) in [6, 6.07) is 0.515. The summed E-state index contributed by atoms with van der Waals surface area (Å²) in [6.07, 6.45) is 1.20. The number of nitrogens with one attached hydrogen (secondary N) is 2. The predicted octanol–water partition coefficient (Wildman–Crippen LogP) is 1.97. The molecule has 1 aliphatic rings. The molecule has 0 aromatic carbocycles. The zero-order valence-corrected chi connectivity index (χ0v) is 12.3. The maximum atomic E-state index is 4.52. The number of hydrogen-bond acceptors (Lipinski definition) is 6. The normalized spacial score (nSPS) is 21.1. The van der Waals surface area contributed by atoms with Crippen LogP contribution in [0.3, 0.4) is 0 Å². The summed E-state index contributed by atoms with van der Waals surface area (Å²) in [5.74, 6) is 2.79. The first kappa shape index (κ1) is 13.8. The number of hydrogen-bond donors (Lipinski definition) is 2. The van der Waals surface area contributed by atoms with E-state index in [9.17, 15) is 0 Å². The monoisotopic (exact) mass is 264 g/mol. The third-order valence-electron chi connectivity index (χ3n) is 3.43. The Morgan fingerprint density at radius 2 is 1.74 bits per heavy atom. The number of anilines is 3. The van der Waals surface area contributed by atoms with E-state index in [1.54, 1.807) is 0 Å². The van der Waals surface area contributed by atoms with Crippen LogP contribution < -0.4 is 15.5 Å². The van der Waals surface area contributed by atoms with Gasteiger partial charge in [0.2, 0.25) is 17.8 Å². The van der Waals surface area contributed by atoms with Crippen molar-refractivity contribution in [2.45, 2.75) is 40.2 Å². The van der Waals surface area contributed by atoms with Crippen LogP contribution in [0.4, 0.5) is 17.8 Å². The molecule has 1 fully saturated rings. The third kappa shape index (κ3) is 3.45. The molecule has 0 saturated heterocycles. The second-order valence-corrected chi connectivity index (χ2v) is 4.95. The lowest BCUT2D eigenvalue weighted by molar-refractivity contribution is 0.809. The van der Waals surface area contributed by atoms with Crippen molar-refractivity contribution in [1.29, 1.82) is 0 Å². The van der Waals surface area contributed by atoms with Gasteiger partial charge >= 0.3 is 0 Å². The minimum absolute atomic E-state index is 0.515. The summed E-state index contributed by atoms with van der Waals surface area (Å²) in [5, 5.41) is 6.55. The first-order valence-corrected chi connectivity index (χ1v) is 7.19. The lowest BCUT2D eigenvalue weighted by Gasteiger charge is -2.19. The molecule has 2 atom stereocenters. The van der Waals surface area contributed by atoms with Crippen molar-refractivity contribution < 1.29 is 0 Å². The van der Waals surface area contributed by atoms with Gasteiger partial charge in [-0.05, 0) is 33.1 Å². The highest BCUT2D eigenvalue weighted by molar-refractivity contribution is 5.44. The quantitative estimate of drug-likeness (QED) is 0.785. The van der Waals surface area contributed by atoms with Gasteiger partial charge in [-0.15, -0.1) is 0 Å². The van der Waals surface area contributed by atoms with Crippen LogP contribution in [-0.2, 0) is 0 Å². The average Bonchev–Trinajstić information content (AvgIpc) is 3.06. The van der Waals surface area contributed by atoms with Crippen LogP contribution >= 0.6 is 0 Å². The van der Waals surface area contributed by atoms with Crippen LogP contribution in [0.1, 0.15) is 34.1 Å². The molecular weight excluding hydrogens is 240 g/mol. The van der Waals surface area contributed by atoms with Crippen molar-refractivity contribution in [3.8, 4) is 0 Å². The Morgan fingerprint density at radius 3 is 2.26 bits per heavy atom. The lowest BCUT2D eigenvalue weighted by Crippen LogP contribution is -2.25. The zero-order chi connectivity index (χ0) is 13.8. The van der Waals surface area contributed by atoms with Crippen molar-refractivity contribution >= 4 is 17.8 Å². The predicted molar refractivity (Wildman–Crippen MR) is 78.7 cm³/mol. The topological polar surface area (TPSA) is 66.0 Å². The molecule has 1 saturated carbocycles.